The molecule has 0 aliphatic heterocycles. The molecule has 0 radical (unpaired) electrons. The molecule has 0 saturated carbocycles. The second kappa shape index (κ2) is 16.8. The van der Waals surface area contributed by atoms with Crippen LogP contribution in [0.3, 0.4) is 0 Å². The molecule has 0 heterocycles. The molecule has 0 aromatic heterocycles. The maximum Gasteiger partial charge on any atom is 0.224 e. The average molecular weight is 550 g/mol. The molecule has 0 aliphatic carbocycles. The Morgan fingerprint density at radius 1 is 1.05 bits per heavy atom. The van der Waals surface area contributed by atoms with E-state index in [1.165, 1.54) is 11.1 Å². The van der Waals surface area contributed by atoms with Crippen LogP contribution in [0.4, 0.5) is 0 Å². The fourth-order valence-electron chi connectivity index (χ4n) is 4.76. The van der Waals surface area contributed by atoms with Crippen LogP contribution in [0.5, 0.6) is 5.75 Å². The van der Waals surface area contributed by atoms with Crippen molar-refractivity contribution in [2.75, 3.05) is 27.4 Å². The lowest BCUT2D eigenvalue weighted by Gasteiger charge is -2.30. The van der Waals surface area contributed by atoms with E-state index in [2.05, 4.69) is 31.3 Å². The van der Waals surface area contributed by atoms with Crippen molar-refractivity contribution in [1.82, 2.24) is 5.32 Å². The topological polar surface area (TPSA) is 137 Å². The Morgan fingerprint density at radius 3 is 2.26 bits per heavy atom. The summed E-state index contributed by atoms with van der Waals surface area (Å²) in [5.74, 6) is 0.466. The van der Waals surface area contributed by atoms with Crippen molar-refractivity contribution in [2.24, 2.45) is 40.6 Å². The Morgan fingerprint density at radius 2 is 1.72 bits per heavy atom. The van der Waals surface area contributed by atoms with E-state index in [0.29, 0.717) is 12.3 Å². The molecule has 1 aromatic carbocycles. The smallest absolute Gasteiger partial charge is 0.224 e. The van der Waals surface area contributed by atoms with Crippen molar-refractivity contribution in [3.8, 4) is 5.75 Å². The molecule has 4 atom stereocenters. The molecule has 0 spiro atoms. The molecule has 8 nitrogen and oxygen atoms in total. The monoisotopic (exact) mass is 549 g/mol. The van der Waals surface area contributed by atoms with Gasteiger partial charge in [-0.2, -0.15) is 0 Å². The molecular formula is C31H55N3O5. The number of nitrogens with one attached hydrogen (secondary N) is 1. The normalized spacial score (nSPS) is 15.2. The number of hydrogen-bond donors (Lipinski definition) is 4. The van der Waals surface area contributed by atoms with E-state index in [-0.39, 0.29) is 30.7 Å². The third kappa shape index (κ3) is 11.9. The highest BCUT2D eigenvalue weighted by Crippen LogP contribution is 2.29. The summed E-state index contributed by atoms with van der Waals surface area (Å²) in [5, 5.41) is 13.9. The fourth-order valence-corrected chi connectivity index (χ4v) is 4.76. The van der Waals surface area contributed by atoms with Gasteiger partial charge in [0.05, 0.1) is 18.6 Å². The van der Waals surface area contributed by atoms with Gasteiger partial charge in [-0.15, -0.1) is 0 Å². The van der Waals surface area contributed by atoms with Crippen LogP contribution in [-0.4, -0.2) is 56.4 Å². The Hall–Kier alpha value is -2.16. The molecule has 8 heteroatoms. The number of nitrogens with two attached hydrogens (primary N) is 2. The predicted octanol–water partition coefficient (Wildman–Crippen LogP) is 3.85. The molecule has 0 bridgehead atoms. The molecular weight excluding hydrogens is 494 g/mol. The van der Waals surface area contributed by atoms with E-state index in [9.17, 15) is 14.7 Å². The summed E-state index contributed by atoms with van der Waals surface area (Å²) in [5.41, 5.74) is 13.6. The minimum Gasteiger partial charge on any atom is -0.496 e. The SMILES string of the molecule is COCCCCc1cc(CC(CC(N)C(O)CC(C(=O)NCC(C)(C)C(N)=O)C(C)C)C(C)C)ccc1OC. The van der Waals surface area contributed by atoms with E-state index in [1.54, 1.807) is 28.1 Å². The van der Waals surface area contributed by atoms with Crippen LogP contribution in [0, 0.1) is 29.1 Å². The number of unbranched alkanes of at least 4 members (excludes halogenated alkanes) is 1. The first-order chi connectivity index (χ1) is 18.2. The summed E-state index contributed by atoms with van der Waals surface area (Å²) in [6, 6.07) is 5.93. The van der Waals surface area contributed by atoms with Crippen LogP contribution in [0.1, 0.15) is 78.4 Å². The highest BCUT2D eigenvalue weighted by atomic mass is 16.5. The lowest BCUT2D eigenvalue weighted by Crippen LogP contribution is -2.46. The molecule has 224 valence electrons. The largest absolute Gasteiger partial charge is 0.496 e. The standard InChI is InChI=1S/C31H55N3O5/c1-20(2)24(16-22-12-13-28(39-8)23(15-22)11-9-10-14-38-7)17-26(32)27(35)18-25(21(3)4)29(36)34-19-31(5,6)30(33)37/h12-13,15,20-21,24-27,35H,9-11,14,16-19,32H2,1-8H3,(H2,33,37)(H,34,36). The second-order valence-electron chi connectivity index (χ2n) is 12.3. The summed E-state index contributed by atoms with van der Waals surface area (Å²) in [7, 11) is 3.42. The van der Waals surface area contributed by atoms with Gasteiger partial charge in [0, 0.05) is 32.2 Å². The Kier molecular flexibility index (Phi) is 15.0. The number of primary amides is 1. The van der Waals surface area contributed by atoms with E-state index >= 15 is 0 Å². The Balaban J connectivity index is 2.87. The Bertz CT molecular complexity index is 887. The lowest BCUT2D eigenvalue weighted by atomic mass is 9.80. The molecule has 0 saturated heterocycles. The van der Waals surface area contributed by atoms with Gasteiger partial charge in [-0.3, -0.25) is 9.59 Å². The molecule has 1 aromatic rings. The quantitative estimate of drug-likeness (QED) is 0.194. The number of carbonyl (C=O) groups is 2. The predicted molar refractivity (Wildman–Crippen MR) is 157 cm³/mol. The zero-order valence-corrected chi connectivity index (χ0v) is 25.6. The highest BCUT2D eigenvalue weighted by Gasteiger charge is 2.32. The number of rotatable bonds is 19. The lowest BCUT2D eigenvalue weighted by molar-refractivity contribution is -0.130. The second-order valence-corrected chi connectivity index (χ2v) is 12.3. The van der Waals surface area contributed by atoms with Gasteiger partial charge in [-0.1, -0.05) is 39.8 Å². The van der Waals surface area contributed by atoms with Crippen LogP contribution in [-0.2, 0) is 27.2 Å². The van der Waals surface area contributed by atoms with Gasteiger partial charge in [-0.25, -0.2) is 0 Å². The minimum atomic E-state index is -0.845. The number of hydrogen-bond acceptors (Lipinski definition) is 6. The van der Waals surface area contributed by atoms with E-state index in [4.69, 9.17) is 20.9 Å². The molecule has 2 amide bonds. The van der Waals surface area contributed by atoms with Crippen LogP contribution in [0.25, 0.3) is 0 Å². The van der Waals surface area contributed by atoms with Crippen LogP contribution < -0.4 is 21.5 Å². The van der Waals surface area contributed by atoms with Gasteiger partial charge >= 0.3 is 0 Å². The van der Waals surface area contributed by atoms with Gasteiger partial charge in [0.2, 0.25) is 11.8 Å². The number of amides is 2. The first-order valence-electron chi connectivity index (χ1n) is 14.4. The van der Waals surface area contributed by atoms with Crippen molar-refractivity contribution >= 4 is 11.8 Å². The first kappa shape index (κ1) is 34.9. The van der Waals surface area contributed by atoms with Crippen LogP contribution >= 0.6 is 0 Å². The summed E-state index contributed by atoms with van der Waals surface area (Å²) in [4.78, 5) is 24.6. The molecule has 1 rings (SSSR count). The van der Waals surface area contributed by atoms with Gasteiger partial charge in [0.1, 0.15) is 5.75 Å². The minimum absolute atomic E-state index is 0.00560. The fraction of sp³-hybridized carbons (Fsp3) is 0.742. The zero-order chi connectivity index (χ0) is 29.8. The van der Waals surface area contributed by atoms with Gasteiger partial charge in [0.15, 0.2) is 0 Å². The van der Waals surface area contributed by atoms with Crippen molar-refractivity contribution < 1.29 is 24.2 Å². The molecule has 0 aliphatic rings. The molecule has 39 heavy (non-hydrogen) atoms. The third-order valence-corrected chi connectivity index (χ3v) is 7.91. The van der Waals surface area contributed by atoms with E-state index < -0.39 is 29.4 Å². The molecule has 0 fully saturated rings. The number of carbonyl (C=O) groups excluding carboxylic acids is 2. The van der Waals surface area contributed by atoms with E-state index in [0.717, 1.165) is 38.0 Å². The van der Waals surface area contributed by atoms with Crippen LogP contribution in [0.15, 0.2) is 18.2 Å². The van der Waals surface area contributed by atoms with Gasteiger partial charge in [-0.05, 0) is 87.3 Å². The number of methoxy groups -OCH3 is 2. The number of aliphatic hydroxyl groups excluding tert-OH is 1. The zero-order valence-electron chi connectivity index (χ0n) is 25.6. The molecule has 4 unspecified atom stereocenters. The van der Waals surface area contributed by atoms with Crippen molar-refractivity contribution in [1.29, 1.82) is 0 Å². The third-order valence-electron chi connectivity index (χ3n) is 7.91. The summed E-state index contributed by atoms with van der Waals surface area (Å²) in [6.07, 6.45) is 3.91. The number of aryl methyl sites for hydroxylation is 1. The summed E-state index contributed by atoms with van der Waals surface area (Å²) in [6.45, 7) is 12.6. The first-order valence-corrected chi connectivity index (χ1v) is 14.4. The Labute approximate surface area is 236 Å². The van der Waals surface area contributed by atoms with E-state index in [1.807, 2.05) is 19.9 Å². The number of ether oxygens (including phenoxy) is 2. The van der Waals surface area contributed by atoms with Gasteiger partial charge < -0.3 is 31.4 Å². The summed E-state index contributed by atoms with van der Waals surface area (Å²) >= 11 is 0. The summed E-state index contributed by atoms with van der Waals surface area (Å²) < 4.78 is 10.8. The van der Waals surface area contributed by atoms with Crippen molar-refractivity contribution in [2.45, 2.75) is 92.2 Å². The maximum atomic E-state index is 12.9. The number of benzene rings is 1. The van der Waals surface area contributed by atoms with Crippen molar-refractivity contribution in [3.05, 3.63) is 29.3 Å². The van der Waals surface area contributed by atoms with Gasteiger partial charge in [0.25, 0.3) is 0 Å². The average Bonchev–Trinajstić information content (AvgIpc) is 2.87. The highest BCUT2D eigenvalue weighted by molar-refractivity contribution is 5.83. The maximum absolute atomic E-state index is 12.9. The number of aliphatic hydroxyl groups is 1. The van der Waals surface area contributed by atoms with Crippen LogP contribution in [0.2, 0.25) is 0 Å². The molecule has 6 N–H and O–H groups in total. The van der Waals surface area contributed by atoms with Crippen molar-refractivity contribution in [3.63, 3.8) is 0 Å².